The second-order valence-corrected chi connectivity index (χ2v) is 7.18. The molecule has 0 radical (unpaired) electrons. The monoisotopic (exact) mass is 359 g/mol. The summed E-state index contributed by atoms with van der Waals surface area (Å²) < 4.78 is 5.14. The first-order valence-corrected chi connectivity index (χ1v) is 9.62. The van der Waals surface area contributed by atoms with Gasteiger partial charge >= 0.3 is 6.03 Å². The van der Waals surface area contributed by atoms with Crippen molar-refractivity contribution < 1.29 is 14.3 Å². The first-order chi connectivity index (χ1) is 12.7. The van der Waals surface area contributed by atoms with Crippen molar-refractivity contribution in [2.45, 2.75) is 44.6 Å². The topological polar surface area (TPSA) is 61.9 Å². The third-order valence-corrected chi connectivity index (χ3v) is 5.37. The molecule has 1 aliphatic heterocycles. The van der Waals surface area contributed by atoms with E-state index in [0.717, 1.165) is 24.2 Å². The van der Waals surface area contributed by atoms with Crippen LogP contribution in [0.4, 0.5) is 4.79 Å². The van der Waals surface area contributed by atoms with E-state index < -0.39 is 0 Å². The zero-order valence-corrected chi connectivity index (χ0v) is 15.6. The third kappa shape index (κ3) is 4.90. The molecule has 0 atom stereocenters. The van der Waals surface area contributed by atoms with E-state index >= 15 is 0 Å². The highest BCUT2D eigenvalue weighted by Crippen LogP contribution is 2.18. The predicted molar refractivity (Wildman–Crippen MR) is 100 cm³/mol. The molecule has 2 aliphatic rings. The number of urea groups is 1. The maximum absolute atomic E-state index is 12.5. The Labute approximate surface area is 155 Å². The van der Waals surface area contributed by atoms with Crippen LogP contribution in [-0.4, -0.2) is 61.1 Å². The van der Waals surface area contributed by atoms with Crippen LogP contribution in [0.1, 0.15) is 37.7 Å². The molecule has 1 heterocycles. The average Bonchev–Trinajstić information content (AvgIpc) is 2.69. The number of hydrogen-bond acceptors (Lipinski definition) is 3. The lowest BCUT2D eigenvalue weighted by Crippen LogP contribution is -2.54. The van der Waals surface area contributed by atoms with Gasteiger partial charge in [-0.25, -0.2) is 4.79 Å². The number of benzene rings is 1. The summed E-state index contributed by atoms with van der Waals surface area (Å²) in [6.45, 7) is 2.42. The molecule has 3 amide bonds. The Bertz CT molecular complexity index is 603. The summed E-state index contributed by atoms with van der Waals surface area (Å²) in [6.07, 6.45) is 6.26. The van der Waals surface area contributed by atoms with E-state index in [1.54, 1.807) is 7.11 Å². The van der Waals surface area contributed by atoms with Crippen molar-refractivity contribution >= 4 is 11.9 Å². The number of carbonyl (C=O) groups excluding carboxylic acids is 2. The van der Waals surface area contributed by atoms with Gasteiger partial charge in [-0.1, -0.05) is 31.4 Å². The zero-order valence-electron chi connectivity index (χ0n) is 15.6. The second kappa shape index (κ2) is 8.92. The number of carbonyl (C=O) groups is 2. The summed E-state index contributed by atoms with van der Waals surface area (Å²) in [5, 5.41) is 3.15. The summed E-state index contributed by atoms with van der Waals surface area (Å²) in [4.78, 5) is 28.6. The van der Waals surface area contributed by atoms with Crippen LogP contribution in [0.25, 0.3) is 0 Å². The van der Waals surface area contributed by atoms with E-state index in [4.69, 9.17) is 4.74 Å². The maximum atomic E-state index is 12.5. The first kappa shape index (κ1) is 18.5. The molecule has 1 N–H and O–H groups in total. The van der Waals surface area contributed by atoms with Gasteiger partial charge in [-0.05, 0) is 30.5 Å². The Kier molecular flexibility index (Phi) is 6.36. The van der Waals surface area contributed by atoms with E-state index in [-0.39, 0.29) is 11.9 Å². The molecule has 1 aromatic rings. The molecule has 6 heteroatoms. The first-order valence-electron chi connectivity index (χ1n) is 9.62. The molecule has 3 rings (SSSR count). The molecule has 2 fully saturated rings. The van der Waals surface area contributed by atoms with Crippen molar-refractivity contribution in [3.8, 4) is 5.75 Å². The van der Waals surface area contributed by atoms with Crippen LogP contribution in [0.15, 0.2) is 24.3 Å². The fourth-order valence-corrected chi connectivity index (χ4v) is 3.70. The summed E-state index contributed by atoms with van der Waals surface area (Å²) in [5.41, 5.74) is 0.980. The van der Waals surface area contributed by atoms with Crippen molar-refractivity contribution in [3.63, 3.8) is 0 Å². The quantitative estimate of drug-likeness (QED) is 0.898. The number of rotatable bonds is 4. The molecular formula is C20H29N3O3. The Morgan fingerprint density at radius 1 is 1.00 bits per heavy atom. The van der Waals surface area contributed by atoms with Crippen LogP contribution in [0.2, 0.25) is 0 Å². The smallest absolute Gasteiger partial charge is 0.317 e. The lowest BCUT2D eigenvalue weighted by atomic mass is 9.96. The van der Waals surface area contributed by atoms with E-state index in [0.29, 0.717) is 38.6 Å². The molecule has 1 aliphatic carbocycles. The Hall–Kier alpha value is -2.24. The van der Waals surface area contributed by atoms with Gasteiger partial charge in [0.15, 0.2) is 0 Å². The van der Waals surface area contributed by atoms with Crippen molar-refractivity contribution in [2.24, 2.45) is 0 Å². The number of hydrogen-bond donors (Lipinski definition) is 1. The van der Waals surface area contributed by atoms with Gasteiger partial charge < -0.3 is 19.9 Å². The molecule has 142 valence electrons. The molecule has 26 heavy (non-hydrogen) atoms. The highest BCUT2D eigenvalue weighted by Gasteiger charge is 2.25. The van der Waals surface area contributed by atoms with Gasteiger partial charge in [0.25, 0.3) is 0 Å². The van der Waals surface area contributed by atoms with E-state index in [1.807, 2.05) is 34.1 Å². The molecular weight excluding hydrogens is 330 g/mol. The van der Waals surface area contributed by atoms with Crippen molar-refractivity contribution in [1.29, 1.82) is 0 Å². The van der Waals surface area contributed by atoms with Crippen LogP contribution < -0.4 is 10.1 Å². The van der Waals surface area contributed by atoms with Crippen LogP contribution in [0.3, 0.4) is 0 Å². The van der Waals surface area contributed by atoms with Crippen LogP contribution in [0, 0.1) is 0 Å². The Balaban J connectivity index is 1.43. The molecule has 6 nitrogen and oxygen atoms in total. The predicted octanol–water partition coefficient (Wildman–Crippen LogP) is 2.42. The van der Waals surface area contributed by atoms with Crippen molar-refractivity contribution in [3.05, 3.63) is 29.8 Å². The van der Waals surface area contributed by atoms with Gasteiger partial charge in [0, 0.05) is 32.2 Å². The third-order valence-electron chi connectivity index (χ3n) is 5.37. The van der Waals surface area contributed by atoms with E-state index in [9.17, 15) is 9.59 Å². The minimum absolute atomic E-state index is 0.0270. The molecule has 0 spiro atoms. The summed E-state index contributed by atoms with van der Waals surface area (Å²) in [5.74, 6) is 0.904. The lowest BCUT2D eigenvalue weighted by Gasteiger charge is -2.36. The number of methoxy groups -OCH3 is 1. The molecule has 0 aromatic heterocycles. The van der Waals surface area contributed by atoms with Gasteiger partial charge in [-0.2, -0.15) is 0 Å². The fraction of sp³-hybridized carbons (Fsp3) is 0.600. The second-order valence-electron chi connectivity index (χ2n) is 7.18. The molecule has 0 bridgehead atoms. The molecule has 0 unspecified atom stereocenters. The standard InChI is InChI=1S/C20H29N3O3/c1-26-18-9-7-16(8-10-18)15-19(24)22-11-13-23(14-12-22)20(25)21-17-5-3-2-4-6-17/h7-10,17H,2-6,11-15H2,1H3,(H,21,25). The van der Waals surface area contributed by atoms with Crippen molar-refractivity contribution in [2.75, 3.05) is 33.3 Å². The van der Waals surface area contributed by atoms with Gasteiger partial charge in [-0.15, -0.1) is 0 Å². The maximum Gasteiger partial charge on any atom is 0.317 e. The van der Waals surface area contributed by atoms with Gasteiger partial charge in [0.1, 0.15) is 5.75 Å². The van der Waals surface area contributed by atoms with Crippen LogP contribution >= 0.6 is 0 Å². The Morgan fingerprint density at radius 2 is 1.62 bits per heavy atom. The highest BCUT2D eigenvalue weighted by molar-refractivity contribution is 5.79. The average molecular weight is 359 g/mol. The number of nitrogens with one attached hydrogen (secondary N) is 1. The molecule has 1 aromatic carbocycles. The van der Waals surface area contributed by atoms with E-state index in [1.165, 1.54) is 19.3 Å². The molecule has 1 saturated carbocycles. The number of ether oxygens (including phenoxy) is 1. The van der Waals surface area contributed by atoms with Gasteiger partial charge in [0.05, 0.1) is 13.5 Å². The SMILES string of the molecule is COc1ccc(CC(=O)N2CCN(C(=O)NC3CCCCC3)CC2)cc1. The lowest BCUT2D eigenvalue weighted by molar-refractivity contribution is -0.131. The minimum Gasteiger partial charge on any atom is -0.497 e. The number of amides is 3. The van der Waals surface area contributed by atoms with Gasteiger partial charge in [-0.3, -0.25) is 4.79 Å². The van der Waals surface area contributed by atoms with E-state index in [2.05, 4.69) is 5.32 Å². The van der Waals surface area contributed by atoms with Crippen LogP contribution in [0.5, 0.6) is 5.75 Å². The minimum atomic E-state index is 0.0270. The number of nitrogens with zero attached hydrogens (tertiary/aromatic N) is 2. The van der Waals surface area contributed by atoms with Crippen LogP contribution in [-0.2, 0) is 11.2 Å². The number of piperazine rings is 1. The van der Waals surface area contributed by atoms with Crippen molar-refractivity contribution in [1.82, 2.24) is 15.1 Å². The fourth-order valence-electron chi connectivity index (χ4n) is 3.70. The van der Waals surface area contributed by atoms with Gasteiger partial charge in [0.2, 0.25) is 5.91 Å². The normalized spacial score (nSPS) is 18.5. The highest BCUT2D eigenvalue weighted by atomic mass is 16.5. The summed E-state index contributed by atoms with van der Waals surface area (Å²) in [7, 11) is 1.63. The molecule has 1 saturated heterocycles. The Morgan fingerprint density at radius 3 is 2.23 bits per heavy atom. The largest absolute Gasteiger partial charge is 0.497 e. The summed E-state index contributed by atoms with van der Waals surface area (Å²) >= 11 is 0. The zero-order chi connectivity index (χ0) is 18.4. The summed E-state index contributed by atoms with van der Waals surface area (Å²) in [6, 6.07) is 7.94.